The molecule has 0 fully saturated rings. The van der Waals surface area contributed by atoms with Crippen molar-refractivity contribution in [3.63, 3.8) is 0 Å². The van der Waals surface area contributed by atoms with Crippen molar-refractivity contribution in [2.45, 2.75) is 115 Å². The summed E-state index contributed by atoms with van der Waals surface area (Å²) >= 11 is 0. The van der Waals surface area contributed by atoms with Gasteiger partial charge in [0.05, 0.1) is 21.1 Å². The van der Waals surface area contributed by atoms with E-state index in [0.29, 0.717) is 17.3 Å². The molecule has 0 aromatic heterocycles. The zero-order valence-corrected chi connectivity index (χ0v) is 23.1. The molecule has 0 radical (unpaired) electrons. The summed E-state index contributed by atoms with van der Waals surface area (Å²) in [6.07, 6.45) is 23.4. The summed E-state index contributed by atoms with van der Waals surface area (Å²) in [6, 6.07) is 0. The lowest BCUT2D eigenvalue weighted by Gasteiger charge is -2.40. The summed E-state index contributed by atoms with van der Waals surface area (Å²) in [4.78, 5) is 20.3. The molecular weight excluding hydrogens is 433 g/mol. The fourth-order valence-corrected chi connectivity index (χ4v) is 6.01. The van der Waals surface area contributed by atoms with E-state index >= 15 is 0 Å². The van der Waals surface area contributed by atoms with Crippen LogP contribution in [0, 0.1) is 5.92 Å². The highest BCUT2D eigenvalue weighted by molar-refractivity contribution is 7.53. The first-order chi connectivity index (χ1) is 15.5. The lowest BCUT2D eigenvalue weighted by atomic mass is 9.88. The number of nitrogens with zero attached hydrogens (tertiary/aromatic N) is 1. The Hall–Kier alpha value is -0.450. The van der Waals surface area contributed by atoms with E-state index in [4.69, 9.17) is 0 Å². The number of rotatable bonds is 22. The van der Waals surface area contributed by atoms with Gasteiger partial charge in [0.25, 0.3) is 0 Å². The Kier molecular flexibility index (Phi) is 17.7. The highest BCUT2D eigenvalue weighted by Gasteiger charge is 2.54. The van der Waals surface area contributed by atoms with Gasteiger partial charge >= 0.3 is 7.60 Å². The topological polar surface area (TPSA) is 77.8 Å². The number of unbranched alkanes of at least 4 members (excludes halogenated alkanes) is 12. The van der Waals surface area contributed by atoms with Crippen LogP contribution in [-0.4, -0.2) is 52.4 Å². The van der Waals surface area contributed by atoms with Gasteiger partial charge in [0.15, 0.2) is 0 Å². The molecule has 0 aliphatic carbocycles. The molecule has 0 aliphatic rings. The van der Waals surface area contributed by atoms with Gasteiger partial charge in [-0.2, -0.15) is 0 Å². The molecule has 33 heavy (non-hydrogen) atoms. The molecule has 0 heterocycles. The molecule has 6 heteroatoms. The average Bonchev–Trinajstić information content (AvgIpc) is 2.70. The standard InChI is InChI=1S/C27H54NO4P/c1-6-8-10-12-13-14-15-16-17-18-20-22-24-26(23-21-19-11-9-7-2)27(29,33(30,31)32)25-28(3,4)5/h6,8,10,26,29H,1,7,9,11-25H2,2-5H3,(H-,30,31,32)/p+1/b10-8+. The van der Waals surface area contributed by atoms with Crippen LogP contribution in [0.2, 0.25) is 0 Å². The normalized spacial score (nSPS) is 15.6. The molecule has 5 nitrogen and oxygen atoms in total. The van der Waals surface area contributed by atoms with Crippen LogP contribution in [-0.2, 0) is 4.57 Å². The van der Waals surface area contributed by atoms with Gasteiger partial charge in [0.2, 0.25) is 5.34 Å². The van der Waals surface area contributed by atoms with Gasteiger partial charge in [-0.25, -0.2) is 0 Å². The number of aliphatic hydroxyl groups is 1. The van der Waals surface area contributed by atoms with Crippen LogP contribution in [0.1, 0.15) is 110 Å². The molecule has 0 saturated heterocycles. The van der Waals surface area contributed by atoms with Crippen LogP contribution in [0.5, 0.6) is 0 Å². The smallest absolute Gasteiger partial charge is 0.363 e. The average molecular weight is 489 g/mol. The van der Waals surface area contributed by atoms with Gasteiger partial charge in [-0.15, -0.1) is 0 Å². The first-order valence-electron chi connectivity index (χ1n) is 13.3. The molecule has 0 aromatic rings. The van der Waals surface area contributed by atoms with Crippen molar-refractivity contribution in [2.24, 2.45) is 5.92 Å². The van der Waals surface area contributed by atoms with E-state index in [-0.39, 0.29) is 12.5 Å². The van der Waals surface area contributed by atoms with E-state index in [1.165, 1.54) is 44.9 Å². The third kappa shape index (κ3) is 16.0. The van der Waals surface area contributed by atoms with E-state index in [9.17, 15) is 19.5 Å². The second-order valence-electron chi connectivity index (χ2n) is 10.8. The van der Waals surface area contributed by atoms with Crippen LogP contribution >= 0.6 is 7.60 Å². The molecule has 196 valence electrons. The second-order valence-corrected chi connectivity index (χ2v) is 12.7. The fourth-order valence-electron chi connectivity index (χ4n) is 4.66. The molecule has 3 N–H and O–H groups in total. The van der Waals surface area contributed by atoms with Crippen molar-refractivity contribution in [1.29, 1.82) is 0 Å². The third-order valence-electron chi connectivity index (χ3n) is 6.47. The van der Waals surface area contributed by atoms with E-state index in [0.717, 1.165) is 44.9 Å². The summed E-state index contributed by atoms with van der Waals surface area (Å²) in [7, 11) is 0.994. The number of hydrogen-bond donors (Lipinski definition) is 3. The Morgan fingerprint density at radius 3 is 1.73 bits per heavy atom. The van der Waals surface area contributed by atoms with Gasteiger partial charge < -0.3 is 19.4 Å². The third-order valence-corrected chi connectivity index (χ3v) is 7.98. The maximum Gasteiger partial charge on any atom is 0.363 e. The summed E-state index contributed by atoms with van der Waals surface area (Å²) in [5.74, 6) is -0.360. The second kappa shape index (κ2) is 17.9. The number of hydrogen-bond acceptors (Lipinski definition) is 2. The summed E-state index contributed by atoms with van der Waals surface area (Å²) in [5, 5.41) is 9.39. The van der Waals surface area contributed by atoms with E-state index in [1.807, 2.05) is 33.3 Å². The highest BCUT2D eigenvalue weighted by Crippen LogP contribution is 2.55. The van der Waals surface area contributed by atoms with E-state index in [2.05, 4.69) is 19.6 Å². The SMILES string of the molecule is C=C/C=C/CCCCCCCCCCC(CCCCCCC)C(O)(C[N+](C)(C)C)P(=O)(O)O. The van der Waals surface area contributed by atoms with Gasteiger partial charge in [-0.3, -0.25) is 4.57 Å². The summed E-state index contributed by atoms with van der Waals surface area (Å²) in [6.45, 7) is 5.93. The largest absolute Gasteiger partial charge is 0.373 e. The van der Waals surface area contributed by atoms with E-state index < -0.39 is 12.9 Å². The van der Waals surface area contributed by atoms with Gasteiger partial charge in [0, 0.05) is 5.92 Å². The Morgan fingerprint density at radius 2 is 1.30 bits per heavy atom. The molecule has 0 saturated carbocycles. The predicted molar refractivity (Wildman–Crippen MR) is 142 cm³/mol. The van der Waals surface area contributed by atoms with Crippen molar-refractivity contribution in [1.82, 2.24) is 0 Å². The van der Waals surface area contributed by atoms with Crippen LogP contribution in [0.3, 0.4) is 0 Å². The molecule has 0 aromatic carbocycles. The fraction of sp³-hybridized carbons (Fsp3) is 0.852. The number of allylic oxidation sites excluding steroid dienone is 3. The molecule has 2 atom stereocenters. The lowest BCUT2D eigenvalue weighted by molar-refractivity contribution is -0.875. The van der Waals surface area contributed by atoms with Gasteiger partial charge in [-0.05, 0) is 25.7 Å². The Balaban J connectivity index is 4.62. The van der Waals surface area contributed by atoms with Crippen LogP contribution < -0.4 is 0 Å². The number of quaternary nitrogens is 1. The van der Waals surface area contributed by atoms with Crippen LogP contribution in [0.25, 0.3) is 0 Å². The van der Waals surface area contributed by atoms with Crippen molar-refractivity contribution < 1.29 is 23.9 Å². The minimum Gasteiger partial charge on any atom is -0.373 e. The molecule has 0 rings (SSSR count). The maximum atomic E-state index is 12.5. The van der Waals surface area contributed by atoms with E-state index in [1.54, 1.807) is 0 Å². The first kappa shape index (κ1) is 32.5. The first-order valence-corrected chi connectivity index (χ1v) is 14.9. The molecular formula is C27H55NO4P+. The van der Waals surface area contributed by atoms with Crippen molar-refractivity contribution in [3.05, 3.63) is 24.8 Å². The van der Waals surface area contributed by atoms with Crippen LogP contribution in [0.4, 0.5) is 0 Å². The summed E-state index contributed by atoms with van der Waals surface area (Å²) < 4.78 is 12.8. The summed E-state index contributed by atoms with van der Waals surface area (Å²) in [5.41, 5.74) is 0. The minimum absolute atomic E-state index is 0.0683. The monoisotopic (exact) mass is 488 g/mol. The quantitative estimate of drug-likeness (QED) is 0.0653. The van der Waals surface area contributed by atoms with Gasteiger partial charge in [0.1, 0.15) is 6.54 Å². The zero-order valence-electron chi connectivity index (χ0n) is 22.2. The number of likely N-dealkylation sites (N-methyl/N-ethyl adjacent to an activating group) is 1. The predicted octanol–water partition coefficient (Wildman–Crippen LogP) is 7.18. The van der Waals surface area contributed by atoms with Crippen molar-refractivity contribution in [3.8, 4) is 0 Å². The molecule has 0 aliphatic heterocycles. The van der Waals surface area contributed by atoms with Crippen LogP contribution in [0.15, 0.2) is 24.8 Å². The molecule has 0 bridgehead atoms. The maximum absolute atomic E-state index is 12.5. The Labute approximate surface area is 205 Å². The molecule has 2 unspecified atom stereocenters. The Morgan fingerprint density at radius 1 is 0.848 bits per heavy atom. The lowest BCUT2D eigenvalue weighted by Crippen LogP contribution is -2.53. The zero-order chi connectivity index (χ0) is 25.2. The highest BCUT2D eigenvalue weighted by atomic mass is 31.2. The molecule has 0 spiro atoms. The van der Waals surface area contributed by atoms with Crippen molar-refractivity contribution in [2.75, 3.05) is 27.7 Å². The molecule has 0 amide bonds. The van der Waals surface area contributed by atoms with Crippen molar-refractivity contribution >= 4 is 7.60 Å². The van der Waals surface area contributed by atoms with Gasteiger partial charge in [-0.1, -0.05) is 109 Å². The Bertz CT molecular complexity index is 567. The minimum atomic E-state index is -4.66.